The summed E-state index contributed by atoms with van der Waals surface area (Å²) in [7, 11) is 0. The van der Waals surface area contributed by atoms with Crippen molar-refractivity contribution in [3.8, 4) is 0 Å². The van der Waals surface area contributed by atoms with Crippen molar-refractivity contribution in [2.75, 3.05) is 0 Å². The van der Waals surface area contributed by atoms with Crippen molar-refractivity contribution >= 4 is 26.7 Å². The van der Waals surface area contributed by atoms with E-state index in [2.05, 4.69) is 33.0 Å². The molecule has 0 radical (unpaired) electrons. The predicted molar refractivity (Wildman–Crippen MR) is 54.2 cm³/mol. The normalized spacial score (nSPS) is 10.5. The Morgan fingerprint density at radius 1 is 1.33 bits per heavy atom. The monoisotopic (exact) mass is 221 g/mol. The van der Waals surface area contributed by atoms with Crippen molar-refractivity contribution in [2.24, 2.45) is 0 Å². The maximum Gasteiger partial charge on any atom is 0.0379 e. The van der Waals surface area contributed by atoms with Gasteiger partial charge in [0.1, 0.15) is 0 Å². The molecule has 0 spiro atoms. The number of halogens is 1. The molecule has 0 aliphatic carbocycles. The average molecular weight is 222 g/mol. The highest BCUT2D eigenvalue weighted by atomic mass is 79.9. The van der Waals surface area contributed by atoms with Gasteiger partial charge in [-0.1, -0.05) is 28.1 Å². The minimum atomic E-state index is 1.06. The van der Waals surface area contributed by atoms with Gasteiger partial charge >= 0.3 is 0 Å². The summed E-state index contributed by atoms with van der Waals surface area (Å²) in [6, 6.07) is 8.24. The van der Waals surface area contributed by atoms with Gasteiger partial charge < -0.3 is 0 Å². The molecular formula is C10H8BrN. The van der Waals surface area contributed by atoms with Gasteiger partial charge in [0, 0.05) is 21.7 Å². The van der Waals surface area contributed by atoms with Crippen LogP contribution in [-0.4, -0.2) is 4.98 Å². The van der Waals surface area contributed by atoms with E-state index >= 15 is 0 Å². The van der Waals surface area contributed by atoms with Crippen LogP contribution in [-0.2, 0) is 0 Å². The van der Waals surface area contributed by atoms with Crippen LogP contribution in [0.1, 0.15) is 5.69 Å². The van der Waals surface area contributed by atoms with E-state index in [1.165, 1.54) is 10.8 Å². The smallest absolute Gasteiger partial charge is 0.0379 e. The highest BCUT2D eigenvalue weighted by Gasteiger charge is 1.97. The second kappa shape index (κ2) is 2.87. The fourth-order valence-corrected chi connectivity index (χ4v) is 1.73. The molecule has 0 N–H and O–H groups in total. The van der Waals surface area contributed by atoms with Gasteiger partial charge in [-0.15, -0.1) is 0 Å². The molecule has 0 bridgehead atoms. The molecule has 1 heterocycles. The zero-order chi connectivity index (χ0) is 8.55. The van der Waals surface area contributed by atoms with Crippen molar-refractivity contribution in [1.29, 1.82) is 0 Å². The van der Waals surface area contributed by atoms with E-state index < -0.39 is 0 Å². The van der Waals surface area contributed by atoms with Gasteiger partial charge in [0.05, 0.1) is 0 Å². The van der Waals surface area contributed by atoms with Gasteiger partial charge in [0.15, 0.2) is 0 Å². The minimum absolute atomic E-state index is 1.06. The number of aryl methyl sites for hydroxylation is 1. The van der Waals surface area contributed by atoms with Crippen LogP contribution in [0.25, 0.3) is 10.8 Å². The number of hydrogen-bond acceptors (Lipinski definition) is 1. The van der Waals surface area contributed by atoms with Crippen molar-refractivity contribution in [3.05, 3.63) is 40.6 Å². The first-order valence-electron chi connectivity index (χ1n) is 3.78. The zero-order valence-electron chi connectivity index (χ0n) is 6.71. The molecule has 0 fully saturated rings. The second-order valence-electron chi connectivity index (χ2n) is 2.79. The summed E-state index contributed by atoms with van der Waals surface area (Å²) in [5.74, 6) is 0. The molecule has 1 nitrogen and oxygen atoms in total. The van der Waals surface area contributed by atoms with E-state index in [1.807, 2.05) is 25.3 Å². The van der Waals surface area contributed by atoms with Crippen molar-refractivity contribution in [2.45, 2.75) is 6.92 Å². The van der Waals surface area contributed by atoms with E-state index in [1.54, 1.807) is 0 Å². The third-order valence-electron chi connectivity index (χ3n) is 1.85. The van der Waals surface area contributed by atoms with E-state index in [9.17, 15) is 0 Å². The Morgan fingerprint density at radius 3 is 3.00 bits per heavy atom. The van der Waals surface area contributed by atoms with Crippen LogP contribution in [0.5, 0.6) is 0 Å². The summed E-state index contributed by atoms with van der Waals surface area (Å²) in [6.07, 6.45) is 1.90. The van der Waals surface area contributed by atoms with Gasteiger partial charge in [-0.05, 0) is 24.4 Å². The minimum Gasteiger partial charge on any atom is -0.261 e. The highest BCUT2D eigenvalue weighted by molar-refractivity contribution is 9.10. The maximum absolute atomic E-state index is 4.24. The number of pyridine rings is 1. The Morgan fingerprint density at radius 2 is 2.17 bits per heavy atom. The Balaban J connectivity index is 2.86. The van der Waals surface area contributed by atoms with Gasteiger partial charge in [-0.25, -0.2) is 0 Å². The lowest BCUT2D eigenvalue weighted by molar-refractivity contribution is 1.22. The van der Waals surface area contributed by atoms with Gasteiger partial charge in [0.25, 0.3) is 0 Å². The maximum atomic E-state index is 4.24. The van der Waals surface area contributed by atoms with Crippen molar-refractivity contribution < 1.29 is 0 Å². The first-order valence-corrected chi connectivity index (χ1v) is 4.57. The SMILES string of the molecule is Cc1cc2cccc(Br)c2cn1. The molecule has 0 saturated heterocycles. The van der Waals surface area contributed by atoms with Gasteiger partial charge in [-0.3, -0.25) is 4.98 Å². The third kappa shape index (κ3) is 1.23. The van der Waals surface area contributed by atoms with Crippen LogP contribution < -0.4 is 0 Å². The Hall–Kier alpha value is -0.890. The van der Waals surface area contributed by atoms with Crippen LogP contribution in [0.2, 0.25) is 0 Å². The quantitative estimate of drug-likeness (QED) is 0.666. The first kappa shape index (κ1) is 7.74. The van der Waals surface area contributed by atoms with E-state index in [4.69, 9.17) is 0 Å². The molecule has 0 saturated carbocycles. The number of aromatic nitrogens is 1. The molecule has 60 valence electrons. The zero-order valence-corrected chi connectivity index (χ0v) is 8.30. The fraction of sp³-hybridized carbons (Fsp3) is 0.100. The standard InChI is InChI=1S/C10H8BrN/c1-7-5-8-3-2-4-10(11)9(8)6-12-7/h2-6H,1H3. The lowest BCUT2D eigenvalue weighted by Crippen LogP contribution is -1.81. The predicted octanol–water partition coefficient (Wildman–Crippen LogP) is 3.31. The molecule has 2 aromatic rings. The molecule has 0 atom stereocenters. The van der Waals surface area contributed by atoms with Crippen LogP contribution >= 0.6 is 15.9 Å². The molecule has 0 aliphatic heterocycles. The second-order valence-corrected chi connectivity index (χ2v) is 3.64. The fourth-order valence-electron chi connectivity index (χ4n) is 1.24. The molecule has 0 unspecified atom stereocenters. The summed E-state index contributed by atoms with van der Waals surface area (Å²) in [4.78, 5) is 4.24. The van der Waals surface area contributed by atoms with Crippen LogP contribution in [0.3, 0.4) is 0 Å². The first-order chi connectivity index (χ1) is 5.77. The molecule has 1 aromatic carbocycles. The number of benzene rings is 1. The van der Waals surface area contributed by atoms with E-state index in [-0.39, 0.29) is 0 Å². The van der Waals surface area contributed by atoms with E-state index in [0.717, 1.165) is 10.2 Å². The summed E-state index contributed by atoms with van der Waals surface area (Å²) >= 11 is 3.48. The number of hydrogen-bond donors (Lipinski definition) is 0. The summed E-state index contributed by atoms with van der Waals surface area (Å²) in [6.45, 7) is 2.00. The lowest BCUT2D eigenvalue weighted by atomic mass is 10.1. The lowest BCUT2D eigenvalue weighted by Gasteiger charge is -1.99. The highest BCUT2D eigenvalue weighted by Crippen LogP contribution is 2.22. The molecule has 2 heteroatoms. The molecule has 12 heavy (non-hydrogen) atoms. The summed E-state index contributed by atoms with van der Waals surface area (Å²) in [5, 5.41) is 2.40. The molecule has 2 rings (SSSR count). The average Bonchev–Trinajstić information content (AvgIpc) is 2.04. The molecule has 1 aromatic heterocycles. The van der Waals surface area contributed by atoms with E-state index in [0.29, 0.717) is 0 Å². The number of rotatable bonds is 0. The van der Waals surface area contributed by atoms with Crippen molar-refractivity contribution in [3.63, 3.8) is 0 Å². The summed E-state index contributed by atoms with van der Waals surface area (Å²) in [5.41, 5.74) is 1.06. The van der Waals surface area contributed by atoms with Crippen LogP contribution in [0, 0.1) is 6.92 Å². The van der Waals surface area contributed by atoms with Crippen LogP contribution in [0.15, 0.2) is 34.9 Å². The molecule has 0 aliphatic rings. The Labute approximate surface area is 79.6 Å². The largest absolute Gasteiger partial charge is 0.261 e. The third-order valence-corrected chi connectivity index (χ3v) is 2.54. The topological polar surface area (TPSA) is 12.9 Å². The van der Waals surface area contributed by atoms with Gasteiger partial charge in [-0.2, -0.15) is 0 Å². The van der Waals surface area contributed by atoms with Crippen LogP contribution in [0.4, 0.5) is 0 Å². The van der Waals surface area contributed by atoms with Crippen molar-refractivity contribution in [1.82, 2.24) is 4.98 Å². The number of nitrogens with zero attached hydrogens (tertiary/aromatic N) is 1. The Bertz CT molecular complexity index is 423. The number of fused-ring (bicyclic) bond motifs is 1. The summed E-state index contributed by atoms with van der Waals surface area (Å²) < 4.78 is 1.10. The Kier molecular flexibility index (Phi) is 1.85. The molecule has 0 amide bonds. The van der Waals surface area contributed by atoms with Gasteiger partial charge in [0.2, 0.25) is 0 Å². The molecular weight excluding hydrogens is 214 g/mol.